The van der Waals surface area contributed by atoms with Crippen molar-refractivity contribution < 1.29 is 14.3 Å². The summed E-state index contributed by atoms with van der Waals surface area (Å²) in [5.41, 5.74) is 2.21. The number of aromatic nitrogens is 1. The van der Waals surface area contributed by atoms with Crippen molar-refractivity contribution in [1.82, 2.24) is 15.2 Å². The third kappa shape index (κ3) is 4.32. The molecule has 3 aliphatic rings. The van der Waals surface area contributed by atoms with E-state index in [9.17, 15) is 4.79 Å². The molecule has 3 saturated heterocycles. The summed E-state index contributed by atoms with van der Waals surface area (Å²) in [5, 5.41) is 3.39. The molecular formula is C25H32N4O3. The molecule has 7 nitrogen and oxygen atoms in total. The van der Waals surface area contributed by atoms with Crippen molar-refractivity contribution in [2.45, 2.75) is 37.3 Å². The van der Waals surface area contributed by atoms with Crippen LogP contribution in [0.1, 0.15) is 36.3 Å². The molecule has 7 heteroatoms. The maximum absolute atomic E-state index is 12.4. The number of nitrogens with zero attached hydrogens (tertiary/aromatic N) is 3. The Balaban J connectivity index is 1.34. The standard InChI is InChI=1S/C25H32N4O3/c1-31-21-5-2-4-20(14-21)22-17-28(18-25(22)9-3-6-24(30)27-25)16-19-7-8-23(26-15-19)29-10-12-32-13-11-29/h2,4-5,7-8,14-15,22H,3,6,9-13,16-18H2,1H3,(H,27,30)/t22-,25+/m0/s1. The number of methoxy groups -OCH3 is 1. The van der Waals surface area contributed by atoms with Gasteiger partial charge in [0.1, 0.15) is 11.6 Å². The number of rotatable bonds is 5. The molecular weight excluding hydrogens is 404 g/mol. The number of hydrogen-bond donors (Lipinski definition) is 1. The van der Waals surface area contributed by atoms with Gasteiger partial charge in [-0.1, -0.05) is 18.2 Å². The van der Waals surface area contributed by atoms with Crippen LogP contribution in [-0.2, 0) is 16.1 Å². The maximum atomic E-state index is 12.4. The first-order valence-corrected chi connectivity index (χ1v) is 11.6. The molecule has 0 unspecified atom stereocenters. The van der Waals surface area contributed by atoms with Crippen molar-refractivity contribution in [2.75, 3.05) is 51.4 Å². The molecule has 5 rings (SSSR count). The Labute approximate surface area is 189 Å². The monoisotopic (exact) mass is 436 g/mol. The molecule has 2 aromatic rings. The number of morpholine rings is 1. The number of anilines is 1. The van der Waals surface area contributed by atoms with Crippen LogP contribution >= 0.6 is 0 Å². The Morgan fingerprint density at radius 2 is 2.12 bits per heavy atom. The van der Waals surface area contributed by atoms with Gasteiger partial charge < -0.3 is 19.7 Å². The highest BCUT2D eigenvalue weighted by atomic mass is 16.5. The van der Waals surface area contributed by atoms with Gasteiger partial charge in [0.05, 0.1) is 25.9 Å². The van der Waals surface area contributed by atoms with Gasteiger partial charge in [-0.25, -0.2) is 4.98 Å². The number of benzene rings is 1. The topological polar surface area (TPSA) is 66.9 Å². The third-order valence-corrected chi connectivity index (χ3v) is 7.08. The SMILES string of the molecule is COc1cccc([C@@H]2CN(Cc3ccc(N4CCOCC4)nc3)C[C@]23CCCC(=O)N3)c1. The summed E-state index contributed by atoms with van der Waals surface area (Å²) >= 11 is 0. The van der Waals surface area contributed by atoms with Gasteiger partial charge in [-0.05, 0) is 42.2 Å². The molecule has 2 atom stereocenters. The van der Waals surface area contributed by atoms with Crippen molar-refractivity contribution >= 4 is 11.7 Å². The van der Waals surface area contributed by atoms with E-state index in [2.05, 4.69) is 39.4 Å². The number of carbonyl (C=O) groups is 1. The number of pyridine rings is 1. The van der Waals surface area contributed by atoms with Crippen molar-refractivity contribution in [3.63, 3.8) is 0 Å². The van der Waals surface area contributed by atoms with E-state index in [-0.39, 0.29) is 17.4 Å². The van der Waals surface area contributed by atoms with Crippen LogP contribution in [0.4, 0.5) is 5.82 Å². The number of likely N-dealkylation sites (tertiary alicyclic amines) is 1. The quantitative estimate of drug-likeness (QED) is 0.777. The first-order valence-electron chi connectivity index (χ1n) is 11.6. The van der Waals surface area contributed by atoms with Crippen molar-refractivity contribution in [1.29, 1.82) is 0 Å². The van der Waals surface area contributed by atoms with Gasteiger partial charge in [0.25, 0.3) is 0 Å². The highest BCUT2D eigenvalue weighted by Gasteiger charge is 2.49. The number of piperidine rings is 1. The predicted molar refractivity (Wildman–Crippen MR) is 123 cm³/mol. The second kappa shape index (κ2) is 9.08. The molecule has 0 bridgehead atoms. The Kier molecular flexibility index (Phi) is 6.02. The normalized spacial score (nSPS) is 26.3. The molecule has 1 spiro atoms. The Morgan fingerprint density at radius 1 is 1.25 bits per heavy atom. The van der Waals surface area contributed by atoms with Gasteiger partial charge in [0.2, 0.25) is 5.91 Å². The Hall–Kier alpha value is -2.64. The van der Waals surface area contributed by atoms with Crippen LogP contribution in [0.25, 0.3) is 0 Å². The summed E-state index contributed by atoms with van der Waals surface area (Å²) in [6.45, 7) is 5.89. The summed E-state index contributed by atoms with van der Waals surface area (Å²) in [7, 11) is 1.70. The lowest BCUT2D eigenvalue weighted by Crippen LogP contribution is -2.56. The summed E-state index contributed by atoms with van der Waals surface area (Å²) < 4.78 is 10.9. The molecule has 3 aliphatic heterocycles. The average molecular weight is 437 g/mol. The van der Waals surface area contributed by atoms with E-state index in [4.69, 9.17) is 14.5 Å². The minimum absolute atomic E-state index is 0.169. The number of amides is 1. The van der Waals surface area contributed by atoms with Crippen molar-refractivity contribution in [2.24, 2.45) is 0 Å². The second-order valence-electron chi connectivity index (χ2n) is 9.18. The van der Waals surface area contributed by atoms with Crippen LogP contribution in [-0.4, -0.2) is 67.8 Å². The van der Waals surface area contributed by atoms with Crippen molar-refractivity contribution in [3.05, 3.63) is 53.7 Å². The van der Waals surface area contributed by atoms with Crippen LogP contribution in [0.3, 0.4) is 0 Å². The number of carbonyl (C=O) groups excluding carboxylic acids is 1. The summed E-state index contributed by atoms with van der Waals surface area (Å²) in [5.74, 6) is 2.29. The Morgan fingerprint density at radius 3 is 2.88 bits per heavy atom. The van der Waals surface area contributed by atoms with Crippen LogP contribution in [0, 0.1) is 0 Å². The predicted octanol–water partition coefficient (Wildman–Crippen LogP) is 2.57. The Bertz CT molecular complexity index is 944. The minimum atomic E-state index is -0.219. The molecule has 1 amide bonds. The van der Waals surface area contributed by atoms with Gasteiger partial charge >= 0.3 is 0 Å². The first-order chi connectivity index (χ1) is 15.6. The van der Waals surface area contributed by atoms with Crippen LogP contribution in [0.2, 0.25) is 0 Å². The minimum Gasteiger partial charge on any atom is -0.497 e. The lowest BCUT2D eigenvalue weighted by Gasteiger charge is -2.39. The van der Waals surface area contributed by atoms with E-state index < -0.39 is 0 Å². The molecule has 1 N–H and O–H groups in total. The first kappa shape index (κ1) is 21.2. The molecule has 170 valence electrons. The molecule has 32 heavy (non-hydrogen) atoms. The molecule has 1 aromatic heterocycles. The maximum Gasteiger partial charge on any atom is 0.220 e. The molecule has 0 radical (unpaired) electrons. The van der Waals surface area contributed by atoms with E-state index in [1.807, 2.05) is 18.3 Å². The third-order valence-electron chi connectivity index (χ3n) is 7.08. The number of ether oxygens (including phenoxy) is 2. The largest absolute Gasteiger partial charge is 0.497 e. The van der Waals surface area contributed by atoms with E-state index in [1.165, 1.54) is 11.1 Å². The fourth-order valence-electron chi connectivity index (χ4n) is 5.50. The molecule has 3 fully saturated rings. The number of hydrogen-bond acceptors (Lipinski definition) is 6. The highest BCUT2D eigenvalue weighted by molar-refractivity contribution is 5.78. The van der Waals surface area contributed by atoms with Gasteiger partial charge in [0.15, 0.2) is 0 Å². The molecule has 0 aliphatic carbocycles. The fourth-order valence-corrected chi connectivity index (χ4v) is 5.50. The molecule has 1 aromatic carbocycles. The van der Waals surface area contributed by atoms with Gasteiger partial charge in [0, 0.05) is 51.3 Å². The van der Waals surface area contributed by atoms with E-state index in [0.717, 1.165) is 70.3 Å². The summed E-state index contributed by atoms with van der Waals surface area (Å²) in [6, 6.07) is 12.6. The fraction of sp³-hybridized carbons (Fsp3) is 0.520. The zero-order valence-corrected chi connectivity index (χ0v) is 18.8. The summed E-state index contributed by atoms with van der Waals surface area (Å²) in [4.78, 5) is 21.8. The lowest BCUT2D eigenvalue weighted by atomic mass is 9.76. The van der Waals surface area contributed by atoms with E-state index in [1.54, 1.807) is 7.11 Å². The van der Waals surface area contributed by atoms with Gasteiger partial charge in [-0.2, -0.15) is 0 Å². The number of nitrogens with one attached hydrogen (secondary N) is 1. The van der Waals surface area contributed by atoms with Crippen LogP contribution in [0.15, 0.2) is 42.6 Å². The summed E-state index contributed by atoms with van der Waals surface area (Å²) in [6.07, 6.45) is 4.57. The smallest absolute Gasteiger partial charge is 0.220 e. The van der Waals surface area contributed by atoms with E-state index in [0.29, 0.717) is 6.42 Å². The van der Waals surface area contributed by atoms with Crippen LogP contribution in [0.5, 0.6) is 5.75 Å². The zero-order valence-electron chi connectivity index (χ0n) is 18.8. The lowest BCUT2D eigenvalue weighted by molar-refractivity contribution is -0.125. The van der Waals surface area contributed by atoms with Crippen molar-refractivity contribution in [3.8, 4) is 5.75 Å². The highest BCUT2D eigenvalue weighted by Crippen LogP contribution is 2.42. The van der Waals surface area contributed by atoms with Gasteiger partial charge in [-0.15, -0.1) is 0 Å². The molecule has 4 heterocycles. The molecule has 0 saturated carbocycles. The van der Waals surface area contributed by atoms with Gasteiger partial charge in [-0.3, -0.25) is 9.69 Å². The van der Waals surface area contributed by atoms with E-state index >= 15 is 0 Å². The average Bonchev–Trinajstić information content (AvgIpc) is 3.16. The zero-order chi connectivity index (χ0) is 22.0. The van der Waals surface area contributed by atoms with Crippen LogP contribution < -0.4 is 15.0 Å². The second-order valence-corrected chi connectivity index (χ2v) is 9.18.